The molecule has 1 atom stereocenters. The number of amides is 2. The van der Waals surface area contributed by atoms with E-state index in [-0.39, 0.29) is 24.3 Å². The van der Waals surface area contributed by atoms with Crippen molar-refractivity contribution in [3.8, 4) is 11.5 Å². The second kappa shape index (κ2) is 6.97. The van der Waals surface area contributed by atoms with Gasteiger partial charge in [0, 0.05) is 17.8 Å². The highest BCUT2D eigenvalue weighted by Crippen LogP contribution is 2.32. The normalized spacial score (nSPS) is 14.2. The van der Waals surface area contributed by atoms with Gasteiger partial charge < -0.3 is 20.1 Å². The number of nitrogens with one attached hydrogen (secondary N) is 2. The highest BCUT2D eigenvalue weighted by Gasteiger charge is 2.14. The molecule has 6 nitrogen and oxygen atoms in total. The molecule has 1 unspecified atom stereocenters. The van der Waals surface area contributed by atoms with Crippen LogP contribution in [0.1, 0.15) is 26.7 Å². The van der Waals surface area contributed by atoms with Crippen molar-refractivity contribution >= 4 is 17.5 Å². The summed E-state index contributed by atoms with van der Waals surface area (Å²) >= 11 is 0. The lowest BCUT2D eigenvalue weighted by molar-refractivity contribution is -0.127. The average molecular weight is 292 g/mol. The van der Waals surface area contributed by atoms with Crippen LogP contribution in [-0.4, -0.2) is 31.1 Å². The maximum atomic E-state index is 11.8. The van der Waals surface area contributed by atoms with Crippen LogP contribution in [-0.2, 0) is 9.59 Å². The summed E-state index contributed by atoms with van der Waals surface area (Å²) in [5.41, 5.74) is 0.584. The summed E-state index contributed by atoms with van der Waals surface area (Å²) in [5, 5.41) is 5.43. The molecule has 1 heterocycles. The van der Waals surface area contributed by atoms with E-state index in [2.05, 4.69) is 10.6 Å². The molecule has 0 aliphatic carbocycles. The lowest BCUT2D eigenvalue weighted by Gasteiger charge is -2.19. The van der Waals surface area contributed by atoms with Gasteiger partial charge in [0.15, 0.2) is 11.5 Å². The number of benzene rings is 1. The number of rotatable bonds is 5. The first-order valence-electron chi connectivity index (χ1n) is 7.07. The van der Waals surface area contributed by atoms with E-state index in [0.29, 0.717) is 30.4 Å². The van der Waals surface area contributed by atoms with Crippen LogP contribution in [0.5, 0.6) is 11.5 Å². The molecule has 2 amide bonds. The largest absolute Gasteiger partial charge is 0.486 e. The predicted octanol–water partition coefficient (Wildman–Crippen LogP) is 1.70. The molecule has 0 spiro atoms. The van der Waals surface area contributed by atoms with Crippen molar-refractivity contribution in [2.75, 3.05) is 18.5 Å². The van der Waals surface area contributed by atoms with Gasteiger partial charge in [-0.15, -0.1) is 0 Å². The minimum Gasteiger partial charge on any atom is -0.486 e. The second-order valence-electron chi connectivity index (χ2n) is 4.96. The maximum Gasteiger partial charge on any atom is 0.233 e. The van der Waals surface area contributed by atoms with Gasteiger partial charge in [0.2, 0.25) is 11.8 Å². The first kappa shape index (κ1) is 15.2. The standard InChI is InChI=1S/C15H20N2O4/c1-3-10(2)16-14(18)9-15(19)17-11-4-5-12-13(8-11)21-7-6-20-12/h4-5,8,10H,3,6-7,9H2,1-2H3,(H,16,18)(H,17,19). The zero-order valence-electron chi connectivity index (χ0n) is 12.3. The van der Waals surface area contributed by atoms with Gasteiger partial charge in [-0.25, -0.2) is 0 Å². The highest BCUT2D eigenvalue weighted by atomic mass is 16.6. The lowest BCUT2D eigenvalue weighted by Crippen LogP contribution is -2.34. The zero-order valence-corrected chi connectivity index (χ0v) is 12.3. The topological polar surface area (TPSA) is 76.7 Å². The van der Waals surface area contributed by atoms with E-state index >= 15 is 0 Å². The molecule has 0 bridgehead atoms. The average Bonchev–Trinajstić information content (AvgIpc) is 2.46. The number of hydrogen-bond acceptors (Lipinski definition) is 4. The molecular formula is C15H20N2O4. The Labute approximate surface area is 123 Å². The van der Waals surface area contributed by atoms with Crippen LogP contribution < -0.4 is 20.1 Å². The number of fused-ring (bicyclic) bond motifs is 1. The van der Waals surface area contributed by atoms with Crippen molar-refractivity contribution in [2.24, 2.45) is 0 Å². The van der Waals surface area contributed by atoms with E-state index < -0.39 is 0 Å². The van der Waals surface area contributed by atoms with Gasteiger partial charge in [0.25, 0.3) is 0 Å². The van der Waals surface area contributed by atoms with E-state index in [1.165, 1.54) is 0 Å². The lowest BCUT2D eigenvalue weighted by atomic mass is 10.2. The van der Waals surface area contributed by atoms with Crippen molar-refractivity contribution in [1.82, 2.24) is 5.32 Å². The van der Waals surface area contributed by atoms with E-state index in [1.54, 1.807) is 18.2 Å². The van der Waals surface area contributed by atoms with Crippen LogP contribution in [0.3, 0.4) is 0 Å². The summed E-state index contributed by atoms with van der Waals surface area (Å²) in [5.74, 6) is 0.628. The molecule has 2 N–H and O–H groups in total. The van der Waals surface area contributed by atoms with Gasteiger partial charge in [-0.3, -0.25) is 9.59 Å². The quantitative estimate of drug-likeness (QED) is 0.810. The SMILES string of the molecule is CCC(C)NC(=O)CC(=O)Nc1ccc2c(c1)OCCO2. The number of carbonyl (C=O) groups is 2. The summed E-state index contributed by atoms with van der Waals surface area (Å²) in [7, 11) is 0. The van der Waals surface area contributed by atoms with Gasteiger partial charge in [0.1, 0.15) is 19.6 Å². The molecule has 114 valence electrons. The fraction of sp³-hybridized carbons (Fsp3) is 0.467. The van der Waals surface area contributed by atoms with Gasteiger partial charge >= 0.3 is 0 Å². The van der Waals surface area contributed by atoms with Crippen molar-refractivity contribution in [1.29, 1.82) is 0 Å². The summed E-state index contributed by atoms with van der Waals surface area (Å²) in [4.78, 5) is 23.4. The molecule has 1 aromatic rings. The third-order valence-corrected chi connectivity index (χ3v) is 3.17. The minimum atomic E-state index is -0.354. The van der Waals surface area contributed by atoms with Gasteiger partial charge in [0.05, 0.1) is 0 Å². The second-order valence-corrected chi connectivity index (χ2v) is 4.96. The predicted molar refractivity (Wildman–Crippen MR) is 78.6 cm³/mol. The monoisotopic (exact) mass is 292 g/mol. The molecule has 6 heteroatoms. The molecule has 0 aromatic heterocycles. The molecule has 0 saturated heterocycles. The van der Waals surface area contributed by atoms with E-state index in [4.69, 9.17) is 9.47 Å². The number of hydrogen-bond donors (Lipinski definition) is 2. The third-order valence-electron chi connectivity index (χ3n) is 3.17. The fourth-order valence-corrected chi connectivity index (χ4v) is 1.90. The number of carbonyl (C=O) groups excluding carboxylic acids is 2. The Balaban J connectivity index is 1.89. The zero-order chi connectivity index (χ0) is 15.2. The van der Waals surface area contributed by atoms with Gasteiger partial charge in [-0.1, -0.05) is 6.92 Å². The van der Waals surface area contributed by atoms with Gasteiger partial charge in [-0.05, 0) is 25.5 Å². The Bertz CT molecular complexity index is 530. The van der Waals surface area contributed by atoms with Crippen LogP contribution in [0.25, 0.3) is 0 Å². The third kappa shape index (κ3) is 4.37. The van der Waals surface area contributed by atoms with E-state index in [0.717, 1.165) is 6.42 Å². The van der Waals surface area contributed by atoms with Crippen LogP contribution >= 0.6 is 0 Å². The van der Waals surface area contributed by atoms with Crippen LogP contribution in [0, 0.1) is 0 Å². The molecule has 1 aliphatic rings. The first-order chi connectivity index (χ1) is 10.1. The summed E-state index contributed by atoms with van der Waals surface area (Å²) in [6.45, 7) is 4.88. The Morgan fingerprint density at radius 2 is 1.90 bits per heavy atom. The Morgan fingerprint density at radius 1 is 1.19 bits per heavy atom. The first-order valence-corrected chi connectivity index (χ1v) is 7.07. The molecular weight excluding hydrogens is 272 g/mol. The molecule has 0 saturated carbocycles. The van der Waals surface area contributed by atoms with Crippen LogP contribution in [0.15, 0.2) is 18.2 Å². The summed E-state index contributed by atoms with van der Waals surface area (Å²) in [6.07, 6.45) is 0.633. The molecule has 0 fully saturated rings. The van der Waals surface area contributed by atoms with Gasteiger partial charge in [-0.2, -0.15) is 0 Å². The van der Waals surface area contributed by atoms with Crippen molar-refractivity contribution in [2.45, 2.75) is 32.7 Å². The summed E-state index contributed by atoms with van der Waals surface area (Å²) in [6, 6.07) is 5.22. The van der Waals surface area contributed by atoms with Crippen LogP contribution in [0.2, 0.25) is 0 Å². The molecule has 1 aliphatic heterocycles. The highest BCUT2D eigenvalue weighted by molar-refractivity contribution is 6.03. The molecule has 2 rings (SSSR count). The fourth-order valence-electron chi connectivity index (χ4n) is 1.90. The summed E-state index contributed by atoms with van der Waals surface area (Å²) < 4.78 is 10.8. The molecule has 1 aromatic carbocycles. The Hall–Kier alpha value is -2.24. The van der Waals surface area contributed by atoms with Crippen LogP contribution in [0.4, 0.5) is 5.69 Å². The molecule has 0 radical (unpaired) electrons. The Kier molecular flexibility index (Phi) is 5.03. The number of anilines is 1. The van der Waals surface area contributed by atoms with Crippen molar-refractivity contribution in [3.63, 3.8) is 0 Å². The molecule has 21 heavy (non-hydrogen) atoms. The van der Waals surface area contributed by atoms with E-state index in [9.17, 15) is 9.59 Å². The number of ether oxygens (including phenoxy) is 2. The van der Waals surface area contributed by atoms with Crippen molar-refractivity contribution < 1.29 is 19.1 Å². The minimum absolute atomic E-state index is 0.0691. The van der Waals surface area contributed by atoms with Crippen molar-refractivity contribution in [3.05, 3.63) is 18.2 Å². The maximum absolute atomic E-state index is 11.8. The van der Waals surface area contributed by atoms with E-state index in [1.807, 2.05) is 13.8 Å². The Morgan fingerprint density at radius 3 is 2.62 bits per heavy atom. The smallest absolute Gasteiger partial charge is 0.233 e.